The minimum atomic E-state index is -4.62. The Morgan fingerprint density at radius 2 is 2.10 bits per heavy atom. The van der Waals surface area contributed by atoms with Crippen LogP contribution >= 0.6 is 45.2 Å². The lowest BCUT2D eigenvalue weighted by Crippen LogP contribution is -2.09. The zero-order valence-corrected chi connectivity index (χ0v) is 19.7. The van der Waals surface area contributed by atoms with Crippen LogP contribution in [0.1, 0.15) is 28.1 Å². The summed E-state index contributed by atoms with van der Waals surface area (Å²) in [5.74, 6) is 0.299. The second-order valence-electron chi connectivity index (χ2n) is 6.09. The van der Waals surface area contributed by atoms with Crippen molar-refractivity contribution in [1.29, 1.82) is 5.26 Å². The molecule has 12 heteroatoms. The third-order valence-electron chi connectivity index (χ3n) is 4.13. The Kier molecular flexibility index (Phi) is 7.01. The van der Waals surface area contributed by atoms with E-state index in [0.717, 1.165) is 21.9 Å². The highest BCUT2D eigenvalue weighted by molar-refractivity contribution is 14.1. The van der Waals surface area contributed by atoms with Crippen molar-refractivity contribution >= 4 is 68.7 Å². The van der Waals surface area contributed by atoms with Crippen molar-refractivity contribution in [2.24, 2.45) is 12.0 Å². The van der Waals surface area contributed by atoms with Crippen molar-refractivity contribution in [2.45, 2.75) is 15.0 Å². The van der Waals surface area contributed by atoms with Crippen molar-refractivity contribution in [3.63, 3.8) is 0 Å². The van der Waals surface area contributed by atoms with Crippen molar-refractivity contribution in [3.8, 4) is 6.07 Å². The summed E-state index contributed by atoms with van der Waals surface area (Å²) in [6, 6.07) is 9.59. The molecule has 0 spiro atoms. The van der Waals surface area contributed by atoms with Crippen LogP contribution < -0.4 is 5.32 Å². The van der Waals surface area contributed by atoms with Gasteiger partial charge in [0.2, 0.25) is 0 Å². The van der Waals surface area contributed by atoms with Crippen LogP contribution in [-0.4, -0.2) is 26.2 Å². The first-order chi connectivity index (χ1) is 14.3. The Labute approximate surface area is 197 Å². The number of nitrogens with one attached hydrogen (secondary N) is 2. The fourth-order valence-corrected chi connectivity index (χ4v) is 4.08. The average Bonchev–Trinajstić information content (AvgIpc) is 3.25. The molecule has 2 heterocycles. The minimum absolute atomic E-state index is 0.0569. The molecule has 0 unspecified atom stereocenters. The molecule has 0 saturated carbocycles. The molecule has 30 heavy (non-hydrogen) atoms. The summed E-state index contributed by atoms with van der Waals surface area (Å²) < 4.78 is 42.3. The van der Waals surface area contributed by atoms with Gasteiger partial charge in [-0.25, -0.2) is 4.99 Å². The number of alkyl halides is 5. The third-order valence-corrected chi connectivity index (χ3v) is 5.73. The fraction of sp³-hybridized carbons (Fsp3) is 0.222. The molecule has 156 valence electrons. The first-order valence-electron chi connectivity index (χ1n) is 8.42. The smallest absolute Gasteiger partial charge is 0.338 e. The van der Waals surface area contributed by atoms with Crippen LogP contribution in [0, 0.1) is 11.3 Å². The Balaban J connectivity index is 1.95. The summed E-state index contributed by atoms with van der Waals surface area (Å²) in [4.78, 5) is 4.08. The minimum Gasteiger partial charge on any atom is -0.338 e. The summed E-state index contributed by atoms with van der Waals surface area (Å²) >= 11 is 4.21. The second-order valence-corrected chi connectivity index (χ2v) is 7.61. The maximum Gasteiger partial charge on any atom is 0.435 e. The van der Waals surface area contributed by atoms with E-state index in [1.807, 2.05) is 52.9 Å². The largest absolute Gasteiger partial charge is 0.435 e. The Bertz CT molecular complexity index is 1130. The molecule has 0 aliphatic rings. The van der Waals surface area contributed by atoms with Crippen molar-refractivity contribution < 1.29 is 13.2 Å². The number of benzene rings is 1. The number of rotatable bonds is 6. The topological polar surface area (TPSA) is 94.7 Å². The fourth-order valence-electron chi connectivity index (χ4n) is 2.70. The number of nitriles is 1. The highest BCUT2D eigenvalue weighted by Gasteiger charge is 2.38. The van der Waals surface area contributed by atoms with Crippen LogP contribution in [0.3, 0.4) is 0 Å². The normalized spacial score (nSPS) is 11.8. The van der Waals surface area contributed by atoms with Gasteiger partial charge in [0.25, 0.3) is 0 Å². The molecule has 0 radical (unpaired) electrons. The molecule has 0 aliphatic heterocycles. The molecule has 2 N–H and O–H groups in total. The molecule has 0 fully saturated rings. The number of halogens is 5. The van der Waals surface area contributed by atoms with Gasteiger partial charge in [-0.1, -0.05) is 57.3 Å². The van der Waals surface area contributed by atoms with E-state index < -0.39 is 11.9 Å². The van der Waals surface area contributed by atoms with E-state index in [-0.39, 0.29) is 22.8 Å². The Hall–Kier alpha value is -2.15. The molecule has 1 aromatic carbocycles. The average molecular weight is 639 g/mol. The second kappa shape index (κ2) is 9.33. The summed E-state index contributed by atoms with van der Waals surface area (Å²) in [5.41, 5.74) is 1.14. The Morgan fingerprint density at radius 1 is 1.33 bits per heavy atom. The number of H-pyrrole nitrogens is 1. The van der Waals surface area contributed by atoms with Gasteiger partial charge in [-0.3, -0.25) is 9.78 Å². The lowest BCUT2D eigenvalue weighted by molar-refractivity contribution is -0.141. The highest BCUT2D eigenvalue weighted by Crippen LogP contribution is 2.33. The first kappa shape index (κ1) is 22.5. The molecule has 0 saturated heterocycles. The molecule has 0 bridgehead atoms. The number of aryl methyl sites for hydroxylation is 1. The molecule has 7 nitrogen and oxygen atoms in total. The number of hydrogen-bond donors (Lipinski definition) is 2. The van der Waals surface area contributed by atoms with Crippen LogP contribution in [0.5, 0.6) is 0 Å². The van der Waals surface area contributed by atoms with Gasteiger partial charge in [-0.05, 0) is 17.7 Å². The van der Waals surface area contributed by atoms with Crippen LogP contribution in [0.2, 0.25) is 0 Å². The summed E-state index contributed by atoms with van der Waals surface area (Å²) in [6.07, 6.45) is -3.55. The quantitative estimate of drug-likeness (QED) is 0.215. The van der Waals surface area contributed by atoms with Crippen LogP contribution in [0.25, 0.3) is 0 Å². The van der Waals surface area contributed by atoms with Crippen LogP contribution in [0.4, 0.5) is 30.5 Å². The zero-order valence-electron chi connectivity index (χ0n) is 15.4. The standard InChI is InChI=1S/C18H14F3I2N7/c1-30-14(7-23)13(15(29-30)18(19,20)21)9-25-16-12(8-24)17(28-27-16)26-11-4-2-3-10(5-11)6-22/h2-5,9H,6-7H2,1H3,(H2,26,27,28)/b25-9+. The maximum atomic E-state index is 13.3. The van der Waals surface area contributed by atoms with E-state index in [9.17, 15) is 18.4 Å². The van der Waals surface area contributed by atoms with Gasteiger partial charge >= 0.3 is 6.18 Å². The van der Waals surface area contributed by atoms with E-state index in [1.165, 1.54) is 11.7 Å². The molecule has 3 rings (SSSR count). The maximum absolute atomic E-state index is 13.3. The van der Waals surface area contributed by atoms with Crippen LogP contribution in [-0.2, 0) is 22.1 Å². The van der Waals surface area contributed by atoms with E-state index >= 15 is 0 Å². The number of anilines is 2. The number of hydrogen-bond acceptors (Lipinski definition) is 5. The van der Waals surface area contributed by atoms with Gasteiger partial charge < -0.3 is 5.32 Å². The molecule has 3 aromatic rings. The SMILES string of the molecule is Cn1nc(C(F)(F)F)c(/C=N/c2[nH]nc(Nc3cccc(CI)c3)c2C#N)c1CI. The highest BCUT2D eigenvalue weighted by atomic mass is 127. The van der Waals surface area contributed by atoms with Crippen LogP contribution in [0.15, 0.2) is 29.3 Å². The molecule has 2 aromatic heterocycles. The van der Waals surface area contributed by atoms with Gasteiger partial charge in [0.1, 0.15) is 11.6 Å². The third kappa shape index (κ3) is 4.77. The molecular weight excluding hydrogens is 625 g/mol. The van der Waals surface area contributed by atoms with E-state index in [4.69, 9.17) is 0 Å². The molecular formula is C18H14F3I2N7. The predicted octanol–water partition coefficient (Wildman–Crippen LogP) is 5.40. The van der Waals surface area contributed by atoms with Crippen molar-refractivity contribution in [3.05, 3.63) is 52.3 Å². The van der Waals surface area contributed by atoms with Gasteiger partial charge in [0, 0.05) is 33.4 Å². The van der Waals surface area contributed by atoms with E-state index in [1.54, 1.807) is 0 Å². The van der Waals surface area contributed by atoms with Crippen molar-refractivity contribution in [2.75, 3.05) is 5.32 Å². The Morgan fingerprint density at radius 3 is 2.73 bits per heavy atom. The van der Waals surface area contributed by atoms with E-state index in [0.29, 0.717) is 10.1 Å². The number of aromatic amines is 1. The number of nitrogens with zero attached hydrogens (tertiary/aromatic N) is 5. The van der Waals surface area contributed by atoms with E-state index in [2.05, 4.69) is 48.2 Å². The zero-order chi connectivity index (χ0) is 21.9. The molecule has 0 aliphatic carbocycles. The van der Waals surface area contributed by atoms with Crippen molar-refractivity contribution in [1.82, 2.24) is 20.0 Å². The van der Waals surface area contributed by atoms with Gasteiger partial charge in [-0.2, -0.15) is 28.6 Å². The van der Waals surface area contributed by atoms with Gasteiger partial charge in [0.15, 0.2) is 17.3 Å². The molecule has 0 atom stereocenters. The first-order valence-corrected chi connectivity index (χ1v) is 11.5. The number of aromatic nitrogens is 4. The number of aliphatic imine (C=N–C) groups is 1. The molecule has 0 amide bonds. The van der Waals surface area contributed by atoms with Gasteiger partial charge in [-0.15, -0.1) is 0 Å². The summed E-state index contributed by atoms with van der Waals surface area (Å²) in [6.45, 7) is 0. The summed E-state index contributed by atoms with van der Waals surface area (Å²) in [7, 11) is 1.45. The predicted molar refractivity (Wildman–Crippen MR) is 124 cm³/mol. The monoisotopic (exact) mass is 639 g/mol. The summed E-state index contributed by atoms with van der Waals surface area (Å²) in [5, 5.41) is 22.8. The lowest BCUT2D eigenvalue weighted by atomic mass is 10.2. The lowest BCUT2D eigenvalue weighted by Gasteiger charge is -2.05. The van der Waals surface area contributed by atoms with Gasteiger partial charge in [0.05, 0.1) is 5.69 Å².